The Hall–Kier alpha value is -4.78. The molecule has 2 aromatic heterocycles. The van der Waals surface area contributed by atoms with Crippen LogP contribution < -0.4 is 15.4 Å². The smallest absolute Gasteiger partial charge is 0.267 e. The number of methoxy groups -OCH3 is 1. The molecule has 2 amide bonds. The Labute approximate surface area is 214 Å². The lowest BCUT2D eigenvalue weighted by Gasteiger charge is -2.11. The number of fused-ring (bicyclic) bond motifs is 2. The summed E-state index contributed by atoms with van der Waals surface area (Å²) in [5, 5.41) is 7.92. The molecule has 5 rings (SSSR count). The number of ether oxygens (including phenoxy) is 1. The van der Waals surface area contributed by atoms with Crippen molar-refractivity contribution >= 4 is 39.7 Å². The number of benzene rings is 3. The van der Waals surface area contributed by atoms with E-state index in [1.54, 1.807) is 37.5 Å². The van der Waals surface area contributed by atoms with E-state index in [1.807, 2.05) is 66.5 Å². The number of aromatic amines is 1. The van der Waals surface area contributed by atoms with Crippen molar-refractivity contribution in [1.82, 2.24) is 20.2 Å². The number of aromatic nitrogens is 2. The Balaban J connectivity index is 1.39. The molecule has 5 aromatic rings. The fourth-order valence-electron chi connectivity index (χ4n) is 4.48. The van der Waals surface area contributed by atoms with Crippen molar-refractivity contribution in [3.05, 3.63) is 108 Å². The molecule has 186 valence electrons. The summed E-state index contributed by atoms with van der Waals surface area (Å²) in [5.74, 6) is -0.0753. The van der Waals surface area contributed by atoms with Crippen LogP contribution in [0.5, 0.6) is 5.75 Å². The van der Waals surface area contributed by atoms with Crippen molar-refractivity contribution in [1.29, 1.82) is 0 Å². The molecule has 0 aliphatic carbocycles. The van der Waals surface area contributed by atoms with Gasteiger partial charge in [-0.25, -0.2) is 0 Å². The van der Waals surface area contributed by atoms with E-state index in [0.29, 0.717) is 24.3 Å². The molecule has 3 aromatic carbocycles. The van der Waals surface area contributed by atoms with Gasteiger partial charge in [0.1, 0.15) is 11.4 Å². The van der Waals surface area contributed by atoms with Crippen LogP contribution in [-0.2, 0) is 18.3 Å². The zero-order chi connectivity index (χ0) is 25.8. The molecule has 2 heterocycles. The number of rotatable bonds is 8. The van der Waals surface area contributed by atoms with Crippen LogP contribution >= 0.6 is 0 Å². The van der Waals surface area contributed by atoms with E-state index < -0.39 is 0 Å². The third kappa shape index (κ3) is 5.11. The molecular formula is C30H28N4O3. The SMILES string of the molecule is COc1ccc(C(=O)N/C(=C\c2cn(C)c3ccccc23)C(=O)NCCc2c[nH]c3ccccc23)cc1. The number of para-hydroxylation sites is 2. The van der Waals surface area contributed by atoms with Crippen LogP contribution in [0.4, 0.5) is 0 Å². The highest BCUT2D eigenvalue weighted by Crippen LogP contribution is 2.23. The number of amides is 2. The molecule has 0 radical (unpaired) electrons. The van der Waals surface area contributed by atoms with Crippen molar-refractivity contribution in [2.45, 2.75) is 6.42 Å². The van der Waals surface area contributed by atoms with Gasteiger partial charge >= 0.3 is 0 Å². The molecule has 3 N–H and O–H groups in total. The highest BCUT2D eigenvalue weighted by Gasteiger charge is 2.16. The van der Waals surface area contributed by atoms with Crippen LogP contribution in [0.25, 0.3) is 27.9 Å². The minimum Gasteiger partial charge on any atom is -0.497 e. The average molecular weight is 493 g/mol. The molecule has 0 aliphatic heterocycles. The third-order valence-corrected chi connectivity index (χ3v) is 6.43. The molecular weight excluding hydrogens is 464 g/mol. The predicted octanol–water partition coefficient (Wildman–Crippen LogP) is 4.80. The molecule has 0 fully saturated rings. The van der Waals surface area contributed by atoms with Crippen molar-refractivity contribution in [3.63, 3.8) is 0 Å². The summed E-state index contributed by atoms with van der Waals surface area (Å²) in [6.07, 6.45) is 6.30. The van der Waals surface area contributed by atoms with Gasteiger partial charge in [0.25, 0.3) is 11.8 Å². The van der Waals surface area contributed by atoms with E-state index in [4.69, 9.17) is 4.74 Å². The maximum atomic E-state index is 13.3. The first-order chi connectivity index (χ1) is 18.0. The van der Waals surface area contributed by atoms with Crippen LogP contribution in [0.15, 0.2) is 90.9 Å². The zero-order valence-electron chi connectivity index (χ0n) is 20.7. The number of hydrogen-bond donors (Lipinski definition) is 3. The molecule has 7 heteroatoms. The number of H-pyrrole nitrogens is 1. The Kier molecular flexibility index (Phi) is 6.76. The summed E-state index contributed by atoms with van der Waals surface area (Å²) in [5.41, 5.74) is 4.67. The van der Waals surface area contributed by atoms with E-state index in [1.165, 1.54) is 0 Å². The fraction of sp³-hybridized carbons (Fsp3) is 0.133. The first kappa shape index (κ1) is 23.9. The summed E-state index contributed by atoms with van der Waals surface area (Å²) >= 11 is 0. The minimum absolute atomic E-state index is 0.177. The molecule has 0 saturated carbocycles. The molecule has 0 unspecified atom stereocenters. The van der Waals surface area contributed by atoms with Gasteiger partial charge in [0.2, 0.25) is 0 Å². The monoisotopic (exact) mass is 492 g/mol. The molecule has 0 atom stereocenters. The zero-order valence-corrected chi connectivity index (χ0v) is 20.7. The van der Waals surface area contributed by atoms with Crippen molar-refractivity contribution in [2.75, 3.05) is 13.7 Å². The second-order valence-electron chi connectivity index (χ2n) is 8.82. The maximum Gasteiger partial charge on any atom is 0.267 e. The van der Waals surface area contributed by atoms with Gasteiger partial charge in [0, 0.05) is 58.9 Å². The Morgan fingerprint density at radius 3 is 2.49 bits per heavy atom. The van der Waals surface area contributed by atoms with Gasteiger partial charge in [0.15, 0.2) is 0 Å². The lowest BCUT2D eigenvalue weighted by atomic mass is 10.1. The average Bonchev–Trinajstić information content (AvgIpc) is 3.49. The molecule has 0 aliphatic rings. The predicted molar refractivity (Wildman–Crippen MR) is 146 cm³/mol. The van der Waals surface area contributed by atoms with E-state index >= 15 is 0 Å². The number of nitrogens with zero attached hydrogens (tertiary/aromatic N) is 1. The topological polar surface area (TPSA) is 88.2 Å². The largest absolute Gasteiger partial charge is 0.497 e. The second kappa shape index (κ2) is 10.5. The van der Waals surface area contributed by atoms with E-state index in [0.717, 1.165) is 32.9 Å². The Bertz CT molecular complexity index is 1610. The first-order valence-electron chi connectivity index (χ1n) is 12.1. The van der Waals surface area contributed by atoms with Crippen LogP contribution in [0.2, 0.25) is 0 Å². The van der Waals surface area contributed by atoms with Crippen LogP contribution in [0, 0.1) is 0 Å². The van der Waals surface area contributed by atoms with Crippen molar-refractivity contribution in [2.24, 2.45) is 7.05 Å². The lowest BCUT2D eigenvalue weighted by Crippen LogP contribution is -2.35. The first-order valence-corrected chi connectivity index (χ1v) is 12.1. The number of carbonyl (C=O) groups is 2. The molecule has 37 heavy (non-hydrogen) atoms. The minimum atomic E-state index is -0.374. The van der Waals surface area contributed by atoms with Crippen LogP contribution in [0.3, 0.4) is 0 Å². The molecule has 7 nitrogen and oxygen atoms in total. The summed E-state index contributed by atoms with van der Waals surface area (Å²) in [4.78, 5) is 29.6. The second-order valence-corrected chi connectivity index (χ2v) is 8.82. The lowest BCUT2D eigenvalue weighted by molar-refractivity contribution is -0.117. The molecule has 0 bridgehead atoms. The molecule has 0 spiro atoms. The number of carbonyl (C=O) groups excluding carboxylic acids is 2. The number of nitrogens with one attached hydrogen (secondary N) is 3. The standard InChI is InChI=1S/C30H28N4O3/c1-34-19-22(25-8-4-6-10-28(25)34)17-27(33-29(35)20-11-13-23(37-2)14-12-20)30(36)31-16-15-21-18-32-26-9-5-3-7-24(21)26/h3-14,17-19,32H,15-16H2,1-2H3,(H,31,36)(H,33,35)/b27-17-. The maximum absolute atomic E-state index is 13.3. The summed E-state index contributed by atoms with van der Waals surface area (Å²) in [7, 11) is 3.53. The van der Waals surface area contributed by atoms with E-state index in [2.05, 4.69) is 21.7 Å². The van der Waals surface area contributed by atoms with Gasteiger partial charge in [-0.2, -0.15) is 0 Å². The van der Waals surface area contributed by atoms with Crippen LogP contribution in [0.1, 0.15) is 21.5 Å². The highest BCUT2D eigenvalue weighted by atomic mass is 16.5. The summed E-state index contributed by atoms with van der Waals surface area (Å²) < 4.78 is 7.18. The Morgan fingerprint density at radius 1 is 0.973 bits per heavy atom. The van der Waals surface area contributed by atoms with Crippen molar-refractivity contribution < 1.29 is 14.3 Å². The van der Waals surface area contributed by atoms with Crippen LogP contribution in [-0.4, -0.2) is 35.0 Å². The summed E-state index contributed by atoms with van der Waals surface area (Å²) in [6, 6.07) is 22.8. The fourth-order valence-corrected chi connectivity index (χ4v) is 4.48. The van der Waals surface area contributed by atoms with Gasteiger partial charge in [-0.1, -0.05) is 36.4 Å². The number of aryl methyl sites for hydroxylation is 1. The normalized spacial score (nSPS) is 11.6. The number of hydrogen-bond acceptors (Lipinski definition) is 3. The molecule has 0 saturated heterocycles. The van der Waals surface area contributed by atoms with Gasteiger partial charge < -0.3 is 24.9 Å². The van der Waals surface area contributed by atoms with Gasteiger partial charge in [-0.05, 0) is 54.5 Å². The van der Waals surface area contributed by atoms with E-state index in [9.17, 15) is 9.59 Å². The van der Waals surface area contributed by atoms with E-state index in [-0.39, 0.29) is 17.5 Å². The highest BCUT2D eigenvalue weighted by molar-refractivity contribution is 6.06. The quantitative estimate of drug-likeness (QED) is 0.272. The third-order valence-electron chi connectivity index (χ3n) is 6.43. The summed E-state index contributed by atoms with van der Waals surface area (Å²) in [6.45, 7) is 0.423. The van der Waals surface area contributed by atoms with Crippen molar-refractivity contribution in [3.8, 4) is 5.75 Å². The van der Waals surface area contributed by atoms with Gasteiger partial charge in [-0.15, -0.1) is 0 Å². The Morgan fingerprint density at radius 2 is 1.70 bits per heavy atom. The van der Waals surface area contributed by atoms with Gasteiger partial charge in [-0.3, -0.25) is 9.59 Å². The van der Waals surface area contributed by atoms with Gasteiger partial charge in [0.05, 0.1) is 7.11 Å².